The van der Waals surface area contributed by atoms with E-state index < -0.39 is 0 Å². The minimum atomic E-state index is 0. The van der Waals surface area contributed by atoms with E-state index in [1.165, 1.54) is 0 Å². The summed E-state index contributed by atoms with van der Waals surface area (Å²) in [5.41, 5.74) is 2.16. The zero-order valence-corrected chi connectivity index (χ0v) is 25.2. The van der Waals surface area contributed by atoms with Gasteiger partial charge in [-0.25, -0.2) is 9.97 Å². The molecule has 1 fully saturated rings. The van der Waals surface area contributed by atoms with Crippen LogP contribution in [-0.4, -0.2) is 60.7 Å². The highest BCUT2D eigenvalue weighted by atomic mass is 35.5. The van der Waals surface area contributed by atoms with E-state index in [1.807, 2.05) is 55.6 Å². The summed E-state index contributed by atoms with van der Waals surface area (Å²) >= 11 is 6.09. The zero-order valence-electron chi connectivity index (χ0n) is 21.1. The third kappa shape index (κ3) is 8.91. The molecule has 0 aliphatic carbocycles. The minimum Gasteiger partial charge on any atom is -0.457 e. The van der Waals surface area contributed by atoms with Crippen molar-refractivity contribution in [3.8, 4) is 11.5 Å². The molecule has 1 aromatic heterocycles. The lowest BCUT2D eigenvalue weighted by atomic mass is 10.00. The maximum Gasteiger partial charge on any atom is 0.137 e. The summed E-state index contributed by atoms with van der Waals surface area (Å²) in [6.07, 6.45) is 2.97. The third-order valence-electron chi connectivity index (χ3n) is 6.38. The molecular weight excluding hydrogens is 590 g/mol. The topological polar surface area (TPSA) is 65.6 Å². The van der Waals surface area contributed by atoms with Crippen molar-refractivity contribution in [3.63, 3.8) is 0 Å². The number of nitrogens with zero attached hydrogens (tertiary/aromatic N) is 4. The lowest BCUT2D eigenvalue weighted by Gasteiger charge is -2.37. The monoisotopic (exact) mass is 622 g/mol. The Balaban J connectivity index is 0.00000180. The van der Waals surface area contributed by atoms with Crippen molar-refractivity contribution in [3.05, 3.63) is 71.1 Å². The highest BCUT2D eigenvalue weighted by Gasteiger charge is 2.27. The highest BCUT2D eigenvalue weighted by Crippen LogP contribution is 2.35. The van der Waals surface area contributed by atoms with Gasteiger partial charge in [0, 0.05) is 74.3 Å². The molecule has 38 heavy (non-hydrogen) atoms. The van der Waals surface area contributed by atoms with Gasteiger partial charge in [0.1, 0.15) is 23.1 Å². The van der Waals surface area contributed by atoms with Crippen LogP contribution in [0, 0.1) is 6.92 Å². The van der Waals surface area contributed by atoms with Crippen LogP contribution in [0.5, 0.6) is 11.5 Å². The molecule has 0 saturated carbocycles. The summed E-state index contributed by atoms with van der Waals surface area (Å²) in [4.78, 5) is 14.3. The van der Waals surface area contributed by atoms with Crippen molar-refractivity contribution in [1.29, 1.82) is 0 Å². The van der Waals surface area contributed by atoms with Gasteiger partial charge in [0.15, 0.2) is 0 Å². The van der Waals surface area contributed by atoms with Crippen LogP contribution in [0.15, 0.2) is 54.7 Å². The molecule has 1 unspecified atom stereocenters. The molecule has 2 aliphatic heterocycles. The van der Waals surface area contributed by atoms with Gasteiger partial charge < -0.3 is 20.3 Å². The van der Waals surface area contributed by atoms with Gasteiger partial charge in [-0.05, 0) is 43.7 Å². The minimum absolute atomic E-state index is 0. The number of ether oxygens (including phenoxy) is 1. The molecule has 3 heterocycles. The summed E-state index contributed by atoms with van der Waals surface area (Å²) < 4.78 is 6.01. The van der Waals surface area contributed by atoms with Crippen molar-refractivity contribution in [2.45, 2.75) is 19.4 Å². The second-order valence-corrected chi connectivity index (χ2v) is 9.28. The summed E-state index contributed by atoms with van der Waals surface area (Å²) in [6.45, 7) is 9.34. The number of hydrogen-bond acceptors (Lipinski definition) is 7. The van der Waals surface area contributed by atoms with Crippen LogP contribution in [0.2, 0.25) is 5.02 Å². The smallest absolute Gasteiger partial charge is 0.137 e. The van der Waals surface area contributed by atoms with Gasteiger partial charge >= 0.3 is 0 Å². The van der Waals surface area contributed by atoms with E-state index in [4.69, 9.17) is 21.3 Å². The van der Waals surface area contributed by atoms with E-state index in [-0.39, 0.29) is 55.7 Å². The average molecular weight is 625 g/mol. The lowest BCUT2D eigenvalue weighted by molar-refractivity contribution is 0.245. The predicted molar refractivity (Wildman–Crippen MR) is 166 cm³/mol. The Morgan fingerprint density at radius 2 is 1.68 bits per heavy atom. The van der Waals surface area contributed by atoms with Gasteiger partial charge in [-0.1, -0.05) is 23.7 Å². The molecule has 1 saturated heterocycles. The van der Waals surface area contributed by atoms with Crippen molar-refractivity contribution in [2.24, 2.45) is 0 Å². The van der Waals surface area contributed by atoms with E-state index >= 15 is 0 Å². The van der Waals surface area contributed by atoms with Gasteiger partial charge in [0.2, 0.25) is 0 Å². The van der Waals surface area contributed by atoms with Crippen molar-refractivity contribution < 1.29 is 4.74 Å². The average Bonchev–Trinajstić information content (AvgIpc) is 2.84. The molecule has 3 aromatic rings. The number of aryl methyl sites for hydroxylation is 1. The fourth-order valence-electron chi connectivity index (χ4n) is 4.59. The maximum atomic E-state index is 6.09. The Hall–Kier alpha value is -1.71. The number of benzene rings is 2. The standard InChI is InChI=1S/C26H31ClN6O.4ClH/c1-19-29-18-24-25(8-11-33(26(24)30-19)15-14-32-12-9-28-10-13-32)31-21-5-3-7-23(17-21)34-22-6-2-4-20(27)16-22;;;;/h2-7,16-18,25,28,31H,8-15H2,1H3;4*1H. The molecule has 0 bridgehead atoms. The van der Waals surface area contributed by atoms with Crippen LogP contribution in [0.4, 0.5) is 11.5 Å². The number of nitrogens with one attached hydrogen (secondary N) is 2. The molecule has 7 nitrogen and oxygen atoms in total. The molecule has 12 heteroatoms. The van der Waals surface area contributed by atoms with Gasteiger partial charge in [0.05, 0.1) is 6.04 Å². The van der Waals surface area contributed by atoms with E-state index in [2.05, 4.69) is 31.5 Å². The second-order valence-electron chi connectivity index (χ2n) is 8.85. The number of anilines is 2. The largest absolute Gasteiger partial charge is 0.457 e. The summed E-state index contributed by atoms with van der Waals surface area (Å²) in [5, 5.41) is 7.77. The number of piperazine rings is 1. The van der Waals surface area contributed by atoms with Crippen molar-refractivity contribution in [1.82, 2.24) is 20.2 Å². The Morgan fingerprint density at radius 1 is 0.974 bits per heavy atom. The highest BCUT2D eigenvalue weighted by molar-refractivity contribution is 6.30. The summed E-state index contributed by atoms with van der Waals surface area (Å²) in [7, 11) is 0. The predicted octanol–water partition coefficient (Wildman–Crippen LogP) is 6.19. The number of rotatable bonds is 7. The third-order valence-corrected chi connectivity index (χ3v) is 6.62. The van der Waals surface area contributed by atoms with Crippen LogP contribution in [0.3, 0.4) is 0 Å². The van der Waals surface area contributed by atoms with Gasteiger partial charge in [-0.3, -0.25) is 4.90 Å². The second kappa shape index (κ2) is 16.4. The van der Waals surface area contributed by atoms with Crippen molar-refractivity contribution in [2.75, 3.05) is 56.0 Å². The molecule has 0 radical (unpaired) electrons. The van der Waals surface area contributed by atoms with Crippen LogP contribution in [-0.2, 0) is 0 Å². The molecule has 0 spiro atoms. The normalized spacial score (nSPS) is 16.5. The summed E-state index contributed by atoms with van der Waals surface area (Å²) in [5.74, 6) is 3.35. The fourth-order valence-corrected chi connectivity index (χ4v) is 4.77. The Kier molecular flexibility index (Phi) is 14.8. The Bertz CT molecular complexity index is 1130. The zero-order chi connectivity index (χ0) is 23.3. The number of hydrogen-bond donors (Lipinski definition) is 2. The Labute approximate surface area is 254 Å². The lowest BCUT2D eigenvalue weighted by Crippen LogP contribution is -2.47. The molecule has 0 amide bonds. The summed E-state index contributed by atoms with van der Waals surface area (Å²) in [6, 6.07) is 15.6. The van der Waals surface area contributed by atoms with E-state index in [9.17, 15) is 0 Å². The first kappa shape index (κ1) is 34.3. The molecule has 210 valence electrons. The van der Waals surface area contributed by atoms with E-state index in [0.717, 1.165) is 86.6 Å². The van der Waals surface area contributed by atoms with Gasteiger partial charge in [-0.2, -0.15) is 0 Å². The van der Waals surface area contributed by atoms with Gasteiger partial charge in [0.25, 0.3) is 0 Å². The van der Waals surface area contributed by atoms with E-state index in [1.54, 1.807) is 0 Å². The van der Waals surface area contributed by atoms with Crippen LogP contribution in [0.1, 0.15) is 23.9 Å². The number of halogens is 5. The molecule has 5 rings (SSSR count). The first-order valence-electron chi connectivity index (χ1n) is 12.0. The fraction of sp³-hybridized carbons (Fsp3) is 0.385. The molecular formula is C26H35Cl5N6O. The number of aromatic nitrogens is 2. The molecule has 2 N–H and O–H groups in total. The van der Waals surface area contributed by atoms with Crippen molar-refractivity contribution >= 4 is 72.7 Å². The SMILES string of the molecule is Cc1ncc2c(n1)N(CCN1CCNCC1)CCC2Nc1cccc(Oc2cccc(Cl)c2)c1.Cl.Cl.Cl.Cl. The van der Waals surface area contributed by atoms with Crippen LogP contribution >= 0.6 is 61.2 Å². The Morgan fingerprint density at radius 3 is 2.42 bits per heavy atom. The first-order chi connectivity index (χ1) is 16.6. The molecule has 1 atom stereocenters. The van der Waals surface area contributed by atoms with Crippen LogP contribution < -0.4 is 20.3 Å². The van der Waals surface area contributed by atoms with Crippen LogP contribution in [0.25, 0.3) is 0 Å². The molecule has 2 aromatic carbocycles. The quantitative estimate of drug-likeness (QED) is 0.325. The maximum absolute atomic E-state index is 6.09. The first-order valence-corrected chi connectivity index (χ1v) is 12.3. The molecule has 2 aliphatic rings. The number of fused-ring (bicyclic) bond motifs is 1. The van der Waals surface area contributed by atoms with E-state index in [0.29, 0.717) is 5.02 Å². The van der Waals surface area contributed by atoms with Gasteiger partial charge in [-0.15, -0.1) is 49.6 Å².